The molecule has 3 aromatic carbocycles. The van der Waals surface area contributed by atoms with E-state index in [4.69, 9.17) is 0 Å². The van der Waals surface area contributed by atoms with E-state index in [2.05, 4.69) is 13.8 Å². The van der Waals surface area contributed by atoms with Crippen LogP contribution in [0.1, 0.15) is 40.9 Å². The Hall–Kier alpha value is -3.05. The number of nitrogens with zero attached hydrogens (tertiary/aromatic N) is 2. The minimum Gasteiger partial charge on any atom is -0.310 e. The number of benzene rings is 3. The van der Waals surface area contributed by atoms with E-state index in [1.54, 1.807) is 16.7 Å². The lowest BCUT2D eigenvalue weighted by molar-refractivity contribution is -0.123. The van der Waals surface area contributed by atoms with Gasteiger partial charge in [-0.2, -0.15) is 0 Å². The van der Waals surface area contributed by atoms with Crippen LogP contribution in [0.3, 0.4) is 0 Å². The van der Waals surface area contributed by atoms with Crippen LogP contribution in [0.4, 0.5) is 5.69 Å². The van der Waals surface area contributed by atoms with Gasteiger partial charge in [0.2, 0.25) is 0 Å². The fraction of sp³-hybridized carbons (Fsp3) is 0.259. The lowest BCUT2D eigenvalue weighted by Crippen LogP contribution is -2.50. The summed E-state index contributed by atoms with van der Waals surface area (Å²) in [6.45, 7) is 7.20. The molecule has 0 aliphatic carbocycles. The average molecular weight is 443 g/mol. The van der Waals surface area contributed by atoms with Crippen molar-refractivity contribution in [2.75, 3.05) is 11.4 Å². The molecule has 0 N–H and O–H groups in total. The van der Waals surface area contributed by atoms with Crippen molar-refractivity contribution in [3.8, 4) is 0 Å². The maximum Gasteiger partial charge on any atom is 0.268 e. The van der Waals surface area contributed by atoms with Gasteiger partial charge in [0, 0.05) is 22.4 Å². The molecule has 0 saturated carbocycles. The van der Waals surface area contributed by atoms with Crippen molar-refractivity contribution in [1.82, 2.24) is 4.90 Å². The number of rotatable bonds is 3. The van der Waals surface area contributed by atoms with Gasteiger partial charge in [0.25, 0.3) is 11.8 Å². The Morgan fingerprint density at radius 3 is 2.31 bits per heavy atom. The quantitative estimate of drug-likeness (QED) is 0.548. The van der Waals surface area contributed by atoms with E-state index in [9.17, 15) is 9.59 Å². The topological polar surface area (TPSA) is 40.6 Å². The van der Waals surface area contributed by atoms with Crippen LogP contribution >= 0.6 is 11.8 Å². The molecule has 1 fully saturated rings. The third-order valence-corrected chi connectivity index (χ3v) is 7.76. The Morgan fingerprint density at radius 2 is 1.59 bits per heavy atom. The van der Waals surface area contributed by atoms with Crippen molar-refractivity contribution in [2.24, 2.45) is 0 Å². The molecule has 1 spiro atoms. The predicted molar refractivity (Wildman–Crippen MR) is 130 cm³/mol. The number of para-hydroxylation sites is 1. The first-order chi connectivity index (χ1) is 15.3. The maximum absolute atomic E-state index is 14.2. The Balaban J connectivity index is 1.62. The second-order valence-electron chi connectivity index (χ2n) is 9.16. The zero-order valence-electron chi connectivity index (χ0n) is 18.5. The van der Waals surface area contributed by atoms with Crippen LogP contribution in [0.5, 0.6) is 0 Å². The van der Waals surface area contributed by atoms with Gasteiger partial charge in [0.05, 0.1) is 12.2 Å². The summed E-state index contributed by atoms with van der Waals surface area (Å²) < 4.78 is -0.258. The Morgan fingerprint density at radius 1 is 0.938 bits per heavy atom. The maximum atomic E-state index is 14.2. The average Bonchev–Trinajstić information content (AvgIpc) is 3.21. The number of thioether (sulfide) groups is 1. The van der Waals surface area contributed by atoms with Crippen LogP contribution in [-0.4, -0.2) is 28.0 Å². The van der Waals surface area contributed by atoms with Crippen LogP contribution in [0.25, 0.3) is 0 Å². The minimum absolute atomic E-state index is 0.0430. The predicted octanol–water partition coefficient (Wildman–Crippen LogP) is 5.36. The van der Waals surface area contributed by atoms with E-state index in [0.29, 0.717) is 18.7 Å². The molecule has 2 heterocycles. The van der Waals surface area contributed by atoms with E-state index >= 15 is 0 Å². The molecule has 2 aliphatic rings. The van der Waals surface area contributed by atoms with Gasteiger partial charge in [0.1, 0.15) is 0 Å². The second-order valence-corrected chi connectivity index (χ2v) is 11.1. The highest BCUT2D eigenvalue weighted by atomic mass is 32.2. The SMILES string of the molecule is Cc1ccc(C(=O)N2CC(C)(C)S[C@@]23C(=O)N(Cc2ccccc2)c2ccccc23)cc1. The van der Waals surface area contributed by atoms with Crippen LogP contribution in [-0.2, 0) is 16.2 Å². The molecular weight excluding hydrogens is 416 g/mol. The van der Waals surface area contributed by atoms with Gasteiger partial charge in [-0.25, -0.2) is 0 Å². The van der Waals surface area contributed by atoms with Crippen molar-refractivity contribution in [3.63, 3.8) is 0 Å². The third-order valence-electron chi connectivity index (χ3n) is 6.17. The summed E-state index contributed by atoms with van der Waals surface area (Å²) in [6.07, 6.45) is 0. The van der Waals surface area contributed by atoms with Crippen molar-refractivity contribution in [1.29, 1.82) is 0 Å². The van der Waals surface area contributed by atoms with Crippen LogP contribution in [0.2, 0.25) is 0 Å². The molecule has 3 aromatic rings. The highest BCUT2D eigenvalue weighted by molar-refractivity contribution is 8.02. The first-order valence-corrected chi connectivity index (χ1v) is 11.7. The van der Waals surface area contributed by atoms with Gasteiger partial charge < -0.3 is 9.80 Å². The molecule has 4 nitrogen and oxygen atoms in total. The van der Waals surface area contributed by atoms with Gasteiger partial charge in [-0.05, 0) is 44.5 Å². The molecule has 0 unspecified atom stereocenters. The fourth-order valence-corrected chi connectivity index (χ4v) is 6.46. The van der Waals surface area contributed by atoms with Crippen molar-refractivity contribution >= 4 is 29.3 Å². The summed E-state index contributed by atoms with van der Waals surface area (Å²) in [4.78, 5) is 30.5. The molecule has 1 atom stereocenters. The Labute approximate surface area is 193 Å². The van der Waals surface area contributed by atoms with Crippen molar-refractivity contribution < 1.29 is 9.59 Å². The molecular formula is C27H26N2O2S. The van der Waals surface area contributed by atoms with E-state index in [0.717, 1.165) is 22.4 Å². The van der Waals surface area contributed by atoms with Crippen LogP contribution in [0.15, 0.2) is 78.9 Å². The Bertz CT molecular complexity index is 1190. The van der Waals surface area contributed by atoms with Gasteiger partial charge in [-0.1, -0.05) is 66.2 Å². The first-order valence-electron chi connectivity index (χ1n) is 10.9. The molecule has 32 heavy (non-hydrogen) atoms. The number of carbonyl (C=O) groups excluding carboxylic acids is 2. The molecule has 2 amide bonds. The number of amides is 2. The normalized spacial score (nSPS) is 21.3. The van der Waals surface area contributed by atoms with Crippen LogP contribution in [0, 0.1) is 6.92 Å². The molecule has 2 aliphatic heterocycles. The zero-order valence-corrected chi connectivity index (χ0v) is 19.4. The molecule has 1 saturated heterocycles. The second kappa shape index (κ2) is 7.52. The van der Waals surface area contributed by atoms with Gasteiger partial charge in [0.15, 0.2) is 4.87 Å². The van der Waals surface area contributed by atoms with E-state index < -0.39 is 4.87 Å². The summed E-state index contributed by atoms with van der Waals surface area (Å²) in [6, 6.07) is 25.5. The number of aryl methyl sites for hydroxylation is 1. The number of hydrogen-bond donors (Lipinski definition) is 0. The van der Waals surface area contributed by atoms with E-state index in [1.807, 2.05) is 90.7 Å². The highest BCUT2D eigenvalue weighted by Gasteiger charge is 2.63. The molecule has 5 heteroatoms. The third kappa shape index (κ3) is 3.23. The van der Waals surface area contributed by atoms with Gasteiger partial charge in [-0.15, -0.1) is 11.8 Å². The number of anilines is 1. The van der Waals surface area contributed by atoms with Crippen LogP contribution < -0.4 is 4.90 Å². The van der Waals surface area contributed by atoms with E-state index in [1.165, 1.54) is 0 Å². The number of hydrogen-bond acceptors (Lipinski definition) is 3. The monoisotopic (exact) mass is 442 g/mol. The zero-order chi connectivity index (χ0) is 22.5. The first kappa shape index (κ1) is 20.8. The number of carbonyl (C=O) groups is 2. The van der Waals surface area contributed by atoms with Crippen molar-refractivity contribution in [3.05, 3.63) is 101 Å². The highest BCUT2D eigenvalue weighted by Crippen LogP contribution is 2.60. The van der Waals surface area contributed by atoms with Gasteiger partial charge >= 0.3 is 0 Å². The number of fused-ring (bicyclic) bond motifs is 2. The largest absolute Gasteiger partial charge is 0.310 e. The van der Waals surface area contributed by atoms with E-state index in [-0.39, 0.29) is 16.6 Å². The molecule has 0 bridgehead atoms. The molecule has 0 aromatic heterocycles. The lowest BCUT2D eigenvalue weighted by Gasteiger charge is -2.33. The molecule has 0 radical (unpaired) electrons. The summed E-state index contributed by atoms with van der Waals surface area (Å²) in [5.41, 5.74) is 4.56. The standard InChI is InChI=1S/C27H26N2O2S/c1-19-13-15-21(16-14-19)24(30)29-18-26(2,3)32-27(29)22-11-7-8-12-23(22)28(25(27)31)17-20-9-5-4-6-10-20/h4-16H,17-18H2,1-3H3/t27-/m0/s1. The summed E-state index contributed by atoms with van der Waals surface area (Å²) in [5.74, 6) is -0.147. The summed E-state index contributed by atoms with van der Waals surface area (Å²) in [7, 11) is 0. The molecule has 5 rings (SSSR count). The Kier molecular flexibility index (Phi) is 4.90. The smallest absolute Gasteiger partial charge is 0.268 e. The lowest BCUT2D eigenvalue weighted by atomic mass is 10.0. The van der Waals surface area contributed by atoms with Gasteiger partial charge in [-0.3, -0.25) is 9.59 Å². The summed E-state index contributed by atoms with van der Waals surface area (Å²) >= 11 is 1.59. The van der Waals surface area contributed by atoms with Crippen molar-refractivity contribution in [2.45, 2.75) is 36.9 Å². The molecule has 162 valence electrons. The fourth-order valence-electron chi connectivity index (χ4n) is 4.73. The summed E-state index contributed by atoms with van der Waals surface area (Å²) in [5, 5.41) is 0. The minimum atomic E-state index is -1.06.